The first-order valence-electron chi connectivity index (χ1n) is 6.57. The third-order valence-corrected chi connectivity index (χ3v) is 3.14. The van der Waals surface area contributed by atoms with Gasteiger partial charge >= 0.3 is 0 Å². The summed E-state index contributed by atoms with van der Waals surface area (Å²) < 4.78 is 0. The zero-order valence-electron chi connectivity index (χ0n) is 12.3. The Balaban J connectivity index is 2.97. The van der Waals surface area contributed by atoms with Gasteiger partial charge in [0.2, 0.25) is 5.91 Å². The zero-order chi connectivity index (χ0) is 15.5. The van der Waals surface area contributed by atoms with Crippen molar-refractivity contribution in [2.45, 2.75) is 45.3 Å². The molecule has 0 heterocycles. The van der Waals surface area contributed by atoms with Crippen LogP contribution in [-0.2, 0) is 10.2 Å². The Morgan fingerprint density at radius 3 is 2.40 bits per heavy atom. The van der Waals surface area contributed by atoms with Crippen molar-refractivity contribution in [3.8, 4) is 5.75 Å². The summed E-state index contributed by atoms with van der Waals surface area (Å²) in [6.45, 7) is 7.31. The maximum absolute atomic E-state index is 10.8. The van der Waals surface area contributed by atoms with Crippen molar-refractivity contribution in [2.75, 3.05) is 6.54 Å². The van der Waals surface area contributed by atoms with E-state index in [9.17, 15) is 20.1 Å². The summed E-state index contributed by atoms with van der Waals surface area (Å²) >= 11 is 0. The Labute approximate surface area is 119 Å². The van der Waals surface area contributed by atoms with Crippen LogP contribution in [0.2, 0.25) is 0 Å². The molecule has 0 aliphatic carbocycles. The fourth-order valence-electron chi connectivity index (χ4n) is 1.83. The van der Waals surface area contributed by atoms with E-state index in [0.717, 1.165) is 5.56 Å². The summed E-state index contributed by atoms with van der Waals surface area (Å²) in [5, 5.41) is 32.2. The van der Waals surface area contributed by atoms with Crippen molar-refractivity contribution in [1.29, 1.82) is 0 Å². The van der Waals surface area contributed by atoms with Crippen LogP contribution < -0.4 is 5.32 Å². The highest BCUT2D eigenvalue weighted by molar-refractivity contribution is 5.72. The van der Waals surface area contributed by atoms with Gasteiger partial charge in [0, 0.05) is 19.0 Å². The number of phenols is 1. The number of hydrogen-bond donors (Lipinski definition) is 4. The standard InChI is InChI=1S/C15H23NO4/c1-9(17)16-8-13(19)14(20)11-7-10(15(2,3)4)5-6-12(11)18/h5-7,13-14,18-20H,8H2,1-4H3,(H,16,17). The summed E-state index contributed by atoms with van der Waals surface area (Å²) in [5.41, 5.74) is 1.07. The average Bonchev–Trinajstić information content (AvgIpc) is 2.34. The van der Waals surface area contributed by atoms with Gasteiger partial charge in [0.1, 0.15) is 18.0 Å². The van der Waals surface area contributed by atoms with Crippen LogP contribution in [0.5, 0.6) is 5.75 Å². The molecular weight excluding hydrogens is 258 g/mol. The average molecular weight is 281 g/mol. The smallest absolute Gasteiger partial charge is 0.216 e. The Bertz CT molecular complexity index is 479. The predicted octanol–water partition coefficient (Wildman–Crippen LogP) is 1.22. The normalized spacial score (nSPS) is 14.7. The minimum absolute atomic E-state index is 0.0737. The molecule has 0 saturated carbocycles. The molecule has 0 aliphatic rings. The summed E-state index contributed by atoms with van der Waals surface area (Å²) in [5.74, 6) is -0.365. The van der Waals surface area contributed by atoms with Crippen molar-refractivity contribution in [1.82, 2.24) is 5.32 Å². The maximum atomic E-state index is 10.8. The highest BCUT2D eigenvalue weighted by Crippen LogP contribution is 2.32. The van der Waals surface area contributed by atoms with Gasteiger partial charge in [-0.1, -0.05) is 26.8 Å². The Morgan fingerprint density at radius 2 is 1.90 bits per heavy atom. The van der Waals surface area contributed by atoms with E-state index in [4.69, 9.17) is 0 Å². The Kier molecular flexibility index (Phi) is 5.14. The van der Waals surface area contributed by atoms with Gasteiger partial charge in [0.25, 0.3) is 0 Å². The van der Waals surface area contributed by atoms with Crippen LogP contribution in [0.3, 0.4) is 0 Å². The van der Waals surface area contributed by atoms with Gasteiger partial charge in [0.15, 0.2) is 0 Å². The van der Waals surface area contributed by atoms with Crippen LogP contribution in [0.25, 0.3) is 0 Å². The first-order valence-corrected chi connectivity index (χ1v) is 6.57. The molecule has 1 amide bonds. The summed E-state index contributed by atoms with van der Waals surface area (Å²) in [4.78, 5) is 10.8. The number of carbonyl (C=O) groups excluding carboxylic acids is 1. The van der Waals surface area contributed by atoms with E-state index in [1.54, 1.807) is 12.1 Å². The second kappa shape index (κ2) is 6.24. The number of nitrogens with one attached hydrogen (secondary N) is 1. The lowest BCUT2D eigenvalue weighted by atomic mass is 9.85. The minimum atomic E-state index is -1.26. The Morgan fingerprint density at radius 1 is 1.30 bits per heavy atom. The molecule has 5 heteroatoms. The highest BCUT2D eigenvalue weighted by atomic mass is 16.3. The van der Waals surface area contributed by atoms with E-state index in [1.807, 2.05) is 20.8 Å². The van der Waals surface area contributed by atoms with Crippen molar-refractivity contribution >= 4 is 5.91 Å². The van der Waals surface area contributed by atoms with Crippen LogP contribution in [0.4, 0.5) is 0 Å². The summed E-state index contributed by atoms with van der Waals surface area (Å²) in [6, 6.07) is 4.97. The topological polar surface area (TPSA) is 89.8 Å². The molecule has 4 N–H and O–H groups in total. The molecule has 1 aromatic rings. The number of benzene rings is 1. The molecule has 0 saturated heterocycles. The molecule has 2 unspecified atom stereocenters. The largest absolute Gasteiger partial charge is 0.508 e. The van der Waals surface area contributed by atoms with E-state index in [1.165, 1.54) is 13.0 Å². The lowest BCUT2D eigenvalue weighted by molar-refractivity contribution is -0.119. The molecule has 0 radical (unpaired) electrons. The molecule has 20 heavy (non-hydrogen) atoms. The van der Waals surface area contributed by atoms with Crippen LogP contribution in [0, 0.1) is 0 Å². The molecule has 5 nitrogen and oxygen atoms in total. The maximum Gasteiger partial charge on any atom is 0.216 e. The van der Waals surface area contributed by atoms with Crippen LogP contribution in [-0.4, -0.2) is 33.9 Å². The van der Waals surface area contributed by atoms with Gasteiger partial charge in [-0.3, -0.25) is 4.79 Å². The van der Waals surface area contributed by atoms with Gasteiger partial charge in [-0.25, -0.2) is 0 Å². The van der Waals surface area contributed by atoms with Gasteiger partial charge in [-0.15, -0.1) is 0 Å². The molecular formula is C15H23NO4. The number of hydrogen-bond acceptors (Lipinski definition) is 4. The van der Waals surface area contributed by atoms with Crippen LogP contribution in [0.15, 0.2) is 18.2 Å². The number of phenolic OH excluding ortho intramolecular Hbond substituents is 1. The van der Waals surface area contributed by atoms with E-state index >= 15 is 0 Å². The van der Waals surface area contributed by atoms with E-state index in [2.05, 4.69) is 5.32 Å². The second-order valence-electron chi connectivity index (χ2n) is 5.97. The zero-order valence-corrected chi connectivity index (χ0v) is 12.3. The molecule has 1 rings (SSSR count). The molecule has 0 bridgehead atoms. The second-order valence-corrected chi connectivity index (χ2v) is 5.97. The number of carbonyl (C=O) groups is 1. The lowest BCUT2D eigenvalue weighted by Crippen LogP contribution is -2.34. The van der Waals surface area contributed by atoms with Crippen molar-refractivity contribution < 1.29 is 20.1 Å². The number of rotatable bonds is 4. The van der Waals surface area contributed by atoms with Gasteiger partial charge in [-0.2, -0.15) is 0 Å². The fourth-order valence-corrected chi connectivity index (χ4v) is 1.83. The lowest BCUT2D eigenvalue weighted by Gasteiger charge is -2.24. The SMILES string of the molecule is CC(=O)NCC(O)C(O)c1cc(C(C)(C)C)ccc1O. The third-order valence-electron chi connectivity index (χ3n) is 3.14. The van der Waals surface area contributed by atoms with Crippen molar-refractivity contribution in [2.24, 2.45) is 0 Å². The number of aliphatic hydroxyl groups excluding tert-OH is 2. The number of aliphatic hydroxyl groups is 2. The Hall–Kier alpha value is -1.59. The first kappa shape index (κ1) is 16.5. The summed E-state index contributed by atoms with van der Waals surface area (Å²) in [7, 11) is 0. The third kappa shape index (κ3) is 4.21. The first-order chi connectivity index (χ1) is 9.12. The van der Waals surface area contributed by atoms with Gasteiger partial charge in [0.05, 0.1) is 0 Å². The molecule has 0 spiro atoms. The van der Waals surface area contributed by atoms with E-state index in [-0.39, 0.29) is 29.2 Å². The molecule has 0 aliphatic heterocycles. The van der Waals surface area contributed by atoms with Gasteiger partial charge < -0.3 is 20.6 Å². The monoisotopic (exact) mass is 281 g/mol. The van der Waals surface area contributed by atoms with Gasteiger partial charge in [-0.05, 0) is 23.1 Å². The quantitative estimate of drug-likeness (QED) is 0.668. The van der Waals surface area contributed by atoms with Crippen LogP contribution >= 0.6 is 0 Å². The predicted molar refractivity (Wildman–Crippen MR) is 76.5 cm³/mol. The molecule has 0 fully saturated rings. The van der Waals surface area contributed by atoms with Crippen LogP contribution in [0.1, 0.15) is 44.9 Å². The highest BCUT2D eigenvalue weighted by Gasteiger charge is 2.24. The fraction of sp³-hybridized carbons (Fsp3) is 0.533. The minimum Gasteiger partial charge on any atom is -0.508 e. The number of amides is 1. The van der Waals surface area contributed by atoms with E-state index < -0.39 is 12.2 Å². The molecule has 1 aromatic carbocycles. The van der Waals surface area contributed by atoms with E-state index in [0.29, 0.717) is 0 Å². The molecule has 112 valence electrons. The molecule has 0 aromatic heterocycles. The number of aromatic hydroxyl groups is 1. The summed E-state index contributed by atoms with van der Waals surface area (Å²) in [6.07, 6.45) is -2.44. The molecule has 2 atom stereocenters. The van der Waals surface area contributed by atoms with Crippen molar-refractivity contribution in [3.05, 3.63) is 29.3 Å². The van der Waals surface area contributed by atoms with Crippen molar-refractivity contribution in [3.63, 3.8) is 0 Å².